The van der Waals surface area contributed by atoms with Crippen molar-refractivity contribution in [3.63, 3.8) is 0 Å². The number of hydrogen-bond donors (Lipinski definition) is 3. The molecule has 3 N–H and O–H groups in total. The Bertz CT molecular complexity index is 599. The number of nitrogens with zero attached hydrogens (tertiary/aromatic N) is 3. The second kappa shape index (κ2) is 5.11. The molecule has 0 aromatic carbocycles. The first-order valence-electron chi connectivity index (χ1n) is 7.04. The normalized spacial score (nSPS) is 14.6. The lowest BCUT2D eigenvalue weighted by Gasteiger charge is -2.11. The van der Waals surface area contributed by atoms with Crippen molar-refractivity contribution in [2.24, 2.45) is 0 Å². The summed E-state index contributed by atoms with van der Waals surface area (Å²) in [4.78, 5) is 8.76. The van der Waals surface area contributed by atoms with Crippen molar-refractivity contribution in [3.05, 3.63) is 23.5 Å². The molecule has 1 aliphatic rings. The number of aryl methyl sites for hydroxylation is 1. The van der Waals surface area contributed by atoms with Crippen LogP contribution < -0.4 is 10.6 Å². The van der Waals surface area contributed by atoms with Gasteiger partial charge in [-0.3, -0.25) is 5.10 Å². The molecule has 1 fully saturated rings. The van der Waals surface area contributed by atoms with E-state index in [2.05, 4.69) is 50.7 Å². The lowest BCUT2D eigenvalue weighted by atomic mass is 10.3. The SMILES string of the molecule is Cc1cnc(NC(C)C)nc1Nc1cc(C2CC2)[nH]n1. The van der Waals surface area contributed by atoms with Crippen LogP contribution in [0.1, 0.15) is 43.9 Å². The van der Waals surface area contributed by atoms with Gasteiger partial charge in [0.05, 0.1) is 0 Å². The van der Waals surface area contributed by atoms with Gasteiger partial charge in [0.25, 0.3) is 0 Å². The van der Waals surface area contributed by atoms with Gasteiger partial charge in [0.2, 0.25) is 5.95 Å². The predicted molar refractivity (Wildman–Crippen MR) is 79.4 cm³/mol. The fraction of sp³-hybridized carbons (Fsp3) is 0.500. The second-order valence-electron chi connectivity index (χ2n) is 5.63. The molecule has 106 valence electrons. The van der Waals surface area contributed by atoms with E-state index < -0.39 is 0 Å². The Labute approximate surface area is 118 Å². The molecular formula is C14H20N6. The monoisotopic (exact) mass is 272 g/mol. The smallest absolute Gasteiger partial charge is 0.224 e. The molecule has 0 saturated heterocycles. The van der Waals surface area contributed by atoms with Gasteiger partial charge in [0, 0.05) is 35.5 Å². The first-order valence-corrected chi connectivity index (χ1v) is 7.04. The minimum absolute atomic E-state index is 0.303. The zero-order valence-electron chi connectivity index (χ0n) is 12.1. The van der Waals surface area contributed by atoms with Gasteiger partial charge >= 0.3 is 0 Å². The Kier molecular flexibility index (Phi) is 3.30. The molecule has 2 aromatic rings. The Morgan fingerprint density at radius 2 is 2.15 bits per heavy atom. The number of nitrogens with one attached hydrogen (secondary N) is 3. The summed E-state index contributed by atoms with van der Waals surface area (Å²) in [5.41, 5.74) is 2.20. The summed E-state index contributed by atoms with van der Waals surface area (Å²) >= 11 is 0. The molecule has 0 aliphatic heterocycles. The highest BCUT2D eigenvalue weighted by molar-refractivity contribution is 5.57. The van der Waals surface area contributed by atoms with E-state index in [1.807, 2.05) is 13.1 Å². The van der Waals surface area contributed by atoms with E-state index in [4.69, 9.17) is 0 Å². The van der Waals surface area contributed by atoms with E-state index >= 15 is 0 Å². The predicted octanol–water partition coefficient (Wildman–Crippen LogP) is 2.95. The third kappa shape index (κ3) is 2.89. The van der Waals surface area contributed by atoms with Crippen LogP contribution in [0.15, 0.2) is 12.3 Å². The van der Waals surface area contributed by atoms with Gasteiger partial charge in [0.15, 0.2) is 5.82 Å². The molecule has 2 heterocycles. The number of aromatic amines is 1. The molecule has 1 aliphatic carbocycles. The molecule has 0 atom stereocenters. The van der Waals surface area contributed by atoms with Gasteiger partial charge < -0.3 is 10.6 Å². The summed E-state index contributed by atoms with van der Waals surface area (Å²) in [7, 11) is 0. The number of hydrogen-bond acceptors (Lipinski definition) is 5. The number of aromatic nitrogens is 4. The van der Waals surface area contributed by atoms with Crippen LogP contribution in [0.25, 0.3) is 0 Å². The lowest BCUT2D eigenvalue weighted by molar-refractivity contribution is 0.873. The second-order valence-corrected chi connectivity index (χ2v) is 5.63. The van der Waals surface area contributed by atoms with Crippen molar-refractivity contribution in [1.82, 2.24) is 20.2 Å². The molecule has 1 saturated carbocycles. The topological polar surface area (TPSA) is 78.5 Å². The van der Waals surface area contributed by atoms with Crippen molar-refractivity contribution in [3.8, 4) is 0 Å². The van der Waals surface area contributed by atoms with Gasteiger partial charge in [-0.05, 0) is 33.6 Å². The molecule has 0 bridgehead atoms. The summed E-state index contributed by atoms with van der Waals surface area (Å²) in [5, 5.41) is 13.8. The highest BCUT2D eigenvalue weighted by Gasteiger charge is 2.25. The average molecular weight is 272 g/mol. The largest absolute Gasteiger partial charge is 0.352 e. The van der Waals surface area contributed by atoms with E-state index in [-0.39, 0.29) is 0 Å². The maximum atomic E-state index is 4.49. The molecule has 0 unspecified atom stereocenters. The van der Waals surface area contributed by atoms with Crippen molar-refractivity contribution in [1.29, 1.82) is 0 Å². The summed E-state index contributed by atoms with van der Waals surface area (Å²) in [6, 6.07) is 2.37. The zero-order valence-corrected chi connectivity index (χ0v) is 12.1. The van der Waals surface area contributed by atoms with Crippen LogP contribution in [0.2, 0.25) is 0 Å². The summed E-state index contributed by atoms with van der Waals surface area (Å²) < 4.78 is 0. The van der Waals surface area contributed by atoms with Crippen LogP contribution >= 0.6 is 0 Å². The highest BCUT2D eigenvalue weighted by atomic mass is 15.2. The molecule has 20 heavy (non-hydrogen) atoms. The van der Waals surface area contributed by atoms with Crippen LogP contribution in [-0.2, 0) is 0 Å². The lowest BCUT2D eigenvalue weighted by Crippen LogP contribution is -2.13. The highest BCUT2D eigenvalue weighted by Crippen LogP contribution is 2.39. The van der Waals surface area contributed by atoms with E-state index in [0.29, 0.717) is 17.9 Å². The quantitative estimate of drug-likeness (QED) is 0.780. The van der Waals surface area contributed by atoms with Gasteiger partial charge in [-0.15, -0.1) is 0 Å². The maximum Gasteiger partial charge on any atom is 0.224 e. The fourth-order valence-electron chi connectivity index (χ4n) is 2.02. The van der Waals surface area contributed by atoms with Crippen LogP contribution in [0.4, 0.5) is 17.6 Å². The molecule has 6 nitrogen and oxygen atoms in total. The Morgan fingerprint density at radius 3 is 2.85 bits per heavy atom. The summed E-state index contributed by atoms with van der Waals surface area (Å²) in [5.74, 6) is 2.90. The minimum atomic E-state index is 0.303. The molecule has 3 rings (SSSR count). The van der Waals surface area contributed by atoms with Crippen molar-refractivity contribution >= 4 is 17.6 Å². The molecule has 0 radical (unpaired) electrons. The first-order chi connectivity index (χ1) is 9.61. The Morgan fingerprint density at radius 1 is 1.35 bits per heavy atom. The molecular weight excluding hydrogens is 252 g/mol. The molecule has 2 aromatic heterocycles. The fourth-order valence-corrected chi connectivity index (χ4v) is 2.02. The van der Waals surface area contributed by atoms with Gasteiger partial charge in [-0.25, -0.2) is 4.98 Å². The molecule has 0 spiro atoms. The summed E-state index contributed by atoms with van der Waals surface area (Å²) in [6.45, 7) is 6.10. The molecule has 0 amide bonds. The molecule has 6 heteroatoms. The van der Waals surface area contributed by atoms with E-state index in [0.717, 1.165) is 17.2 Å². The first kappa shape index (κ1) is 12.9. The number of H-pyrrole nitrogens is 1. The third-order valence-corrected chi connectivity index (χ3v) is 3.25. The summed E-state index contributed by atoms with van der Waals surface area (Å²) in [6.07, 6.45) is 4.34. The van der Waals surface area contributed by atoms with Crippen molar-refractivity contribution < 1.29 is 0 Å². The maximum absolute atomic E-state index is 4.49. The van der Waals surface area contributed by atoms with E-state index in [1.165, 1.54) is 18.5 Å². The Hall–Kier alpha value is -2.11. The van der Waals surface area contributed by atoms with E-state index in [1.54, 1.807) is 0 Å². The van der Waals surface area contributed by atoms with E-state index in [9.17, 15) is 0 Å². The standard InChI is InChI=1S/C14H20N6/c1-8(2)16-14-15-7-9(3)13(18-14)17-12-6-11(19-20-12)10-4-5-10/h6-8,10H,4-5H2,1-3H3,(H3,15,16,17,18,19,20). The van der Waals surface area contributed by atoms with Gasteiger partial charge in [-0.1, -0.05) is 0 Å². The minimum Gasteiger partial charge on any atom is -0.352 e. The van der Waals surface area contributed by atoms with Gasteiger partial charge in [-0.2, -0.15) is 10.1 Å². The Balaban J connectivity index is 1.77. The van der Waals surface area contributed by atoms with Crippen molar-refractivity contribution in [2.45, 2.75) is 45.6 Å². The van der Waals surface area contributed by atoms with Crippen LogP contribution in [0.5, 0.6) is 0 Å². The average Bonchev–Trinajstić information content (AvgIpc) is 3.14. The van der Waals surface area contributed by atoms with Crippen LogP contribution in [0, 0.1) is 6.92 Å². The van der Waals surface area contributed by atoms with Crippen LogP contribution in [-0.4, -0.2) is 26.2 Å². The van der Waals surface area contributed by atoms with Gasteiger partial charge in [0.1, 0.15) is 5.82 Å². The van der Waals surface area contributed by atoms with Crippen molar-refractivity contribution in [2.75, 3.05) is 10.6 Å². The number of rotatable bonds is 5. The van der Waals surface area contributed by atoms with Crippen LogP contribution in [0.3, 0.4) is 0 Å². The zero-order chi connectivity index (χ0) is 14.1. The number of anilines is 3. The third-order valence-electron chi connectivity index (χ3n) is 3.25.